The lowest BCUT2D eigenvalue weighted by Crippen LogP contribution is -2.40. The van der Waals surface area contributed by atoms with Crippen molar-refractivity contribution in [1.29, 1.82) is 0 Å². The van der Waals surface area contributed by atoms with Crippen LogP contribution in [0.5, 0.6) is 0 Å². The molecule has 0 unspecified atom stereocenters. The average Bonchev–Trinajstić information content (AvgIpc) is 3.15. The topological polar surface area (TPSA) is 66.5 Å². The van der Waals surface area contributed by atoms with Crippen LogP contribution in [0, 0.1) is 12.3 Å². The molecule has 0 bridgehead atoms. The lowest BCUT2D eigenvalue weighted by atomic mass is 9.86. The summed E-state index contributed by atoms with van der Waals surface area (Å²) in [6, 6.07) is 0. The molecule has 1 spiro atoms. The van der Waals surface area contributed by atoms with Gasteiger partial charge in [0.15, 0.2) is 11.8 Å². The number of aryl methyl sites for hydroxylation is 1. The maximum absolute atomic E-state index is 5.12. The largest absolute Gasteiger partial charge is 0.347 e. The first kappa shape index (κ1) is 13.4. The zero-order valence-electron chi connectivity index (χ0n) is 12.4. The van der Waals surface area contributed by atoms with Crippen LogP contribution in [0.2, 0.25) is 0 Å². The predicted octanol–water partition coefficient (Wildman–Crippen LogP) is 1.72. The molecule has 1 aromatic heterocycles. The smallest absolute Gasteiger partial charge is 0.246 e. The second-order valence-corrected chi connectivity index (χ2v) is 6.01. The first-order valence-electron chi connectivity index (χ1n) is 7.46. The van der Waals surface area contributed by atoms with Crippen LogP contribution in [0.1, 0.15) is 43.8 Å². The monoisotopic (exact) mass is 277 g/mol. The molecule has 2 heterocycles. The molecular formula is C14H23N5O. The highest BCUT2D eigenvalue weighted by atomic mass is 16.5. The number of nitrogens with zero attached hydrogens (tertiary/aromatic N) is 4. The van der Waals surface area contributed by atoms with Gasteiger partial charge < -0.3 is 14.7 Å². The van der Waals surface area contributed by atoms with E-state index in [2.05, 4.69) is 25.3 Å². The molecule has 0 atom stereocenters. The molecule has 6 nitrogen and oxygen atoms in total. The van der Waals surface area contributed by atoms with Gasteiger partial charge in [0.25, 0.3) is 0 Å². The molecule has 2 fully saturated rings. The van der Waals surface area contributed by atoms with Crippen LogP contribution < -0.4 is 5.32 Å². The van der Waals surface area contributed by atoms with Crippen LogP contribution in [-0.2, 0) is 6.54 Å². The van der Waals surface area contributed by atoms with Gasteiger partial charge in [0, 0.05) is 20.1 Å². The number of rotatable bonds is 2. The van der Waals surface area contributed by atoms with Gasteiger partial charge in [-0.1, -0.05) is 18.0 Å². The van der Waals surface area contributed by atoms with Gasteiger partial charge in [-0.2, -0.15) is 4.98 Å². The Labute approximate surface area is 119 Å². The van der Waals surface area contributed by atoms with Crippen molar-refractivity contribution in [1.82, 2.24) is 20.4 Å². The summed E-state index contributed by atoms with van der Waals surface area (Å²) in [6.45, 7) is 4.60. The number of guanidine groups is 1. The van der Waals surface area contributed by atoms with Crippen LogP contribution >= 0.6 is 0 Å². The molecule has 1 aliphatic carbocycles. The van der Waals surface area contributed by atoms with Crippen molar-refractivity contribution >= 4 is 5.96 Å². The van der Waals surface area contributed by atoms with Gasteiger partial charge in [0.2, 0.25) is 5.89 Å². The first-order chi connectivity index (χ1) is 9.71. The average molecular weight is 277 g/mol. The third-order valence-electron chi connectivity index (χ3n) is 4.58. The molecule has 0 amide bonds. The maximum Gasteiger partial charge on any atom is 0.246 e. The summed E-state index contributed by atoms with van der Waals surface area (Å²) in [5, 5.41) is 7.12. The van der Waals surface area contributed by atoms with E-state index in [1.54, 1.807) is 0 Å². The van der Waals surface area contributed by atoms with E-state index in [1.807, 2.05) is 14.0 Å². The van der Waals surface area contributed by atoms with Gasteiger partial charge in [-0.25, -0.2) is 0 Å². The Kier molecular flexibility index (Phi) is 3.63. The quantitative estimate of drug-likeness (QED) is 0.658. The molecule has 1 aliphatic heterocycles. The highest BCUT2D eigenvalue weighted by Gasteiger charge is 2.41. The standard InChI is InChI=1S/C14H23N5O/c1-11-17-12(20-18-11)9-16-13(15-2)19-8-7-14(10-19)5-3-4-6-14/h3-10H2,1-2H3,(H,15,16). The molecule has 20 heavy (non-hydrogen) atoms. The number of nitrogens with one attached hydrogen (secondary N) is 1. The summed E-state index contributed by atoms with van der Waals surface area (Å²) in [6.07, 6.45) is 6.84. The van der Waals surface area contributed by atoms with Crippen LogP contribution in [0.3, 0.4) is 0 Å². The zero-order chi connectivity index (χ0) is 14.0. The summed E-state index contributed by atoms with van der Waals surface area (Å²) in [4.78, 5) is 11.0. The number of likely N-dealkylation sites (tertiary alicyclic amines) is 1. The van der Waals surface area contributed by atoms with E-state index in [-0.39, 0.29) is 0 Å². The minimum atomic E-state index is 0.539. The van der Waals surface area contributed by atoms with Crippen molar-refractivity contribution in [2.24, 2.45) is 10.4 Å². The third kappa shape index (κ3) is 2.64. The molecule has 1 saturated heterocycles. The summed E-state index contributed by atoms with van der Waals surface area (Å²) in [7, 11) is 1.83. The summed E-state index contributed by atoms with van der Waals surface area (Å²) < 4.78 is 5.12. The van der Waals surface area contributed by atoms with E-state index in [1.165, 1.54) is 32.1 Å². The Balaban J connectivity index is 1.57. The van der Waals surface area contributed by atoms with E-state index < -0.39 is 0 Å². The molecule has 110 valence electrons. The summed E-state index contributed by atoms with van der Waals surface area (Å²) in [5.74, 6) is 2.23. The Morgan fingerprint density at radius 1 is 1.40 bits per heavy atom. The molecule has 1 saturated carbocycles. The number of hydrogen-bond acceptors (Lipinski definition) is 4. The second kappa shape index (κ2) is 5.42. The van der Waals surface area contributed by atoms with E-state index in [4.69, 9.17) is 4.52 Å². The molecule has 3 rings (SSSR count). The molecule has 2 aliphatic rings. The number of aliphatic imine (C=N–C) groups is 1. The fourth-order valence-corrected chi connectivity index (χ4v) is 3.55. The third-order valence-corrected chi connectivity index (χ3v) is 4.58. The number of hydrogen-bond donors (Lipinski definition) is 1. The Morgan fingerprint density at radius 3 is 2.85 bits per heavy atom. The van der Waals surface area contributed by atoms with Gasteiger partial charge in [-0.15, -0.1) is 0 Å². The molecule has 0 radical (unpaired) electrons. The van der Waals surface area contributed by atoms with Gasteiger partial charge in [0.05, 0.1) is 6.54 Å². The van der Waals surface area contributed by atoms with Crippen molar-refractivity contribution in [3.8, 4) is 0 Å². The molecule has 1 aromatic rings. The Morgan fingerprint density at radius 2 is 2.20 bits per heavy atom. The summed E-state index contributed by atoms with van der Waals surface area (Å²) in [5.41, 5.74) is 0.554. The fraction of sp³-hybridized carbons (Fsp3) is 0.786. The van der Waals surface area contributed by atoms with E-state index >= 15 is 0 Å². The highest BCUT2D eigenvalue weighted by molar-refractivity contribution is 5.80. The van der Waals surface area contributed by atoms with Gasteiger partial charge in [0.1, 0.15) is 0 Å². The van der Waals surface area contributed by atoms with Crippen LogP contribution in [-0.4, -0.2) is 41.1 Å². The number of aromatic nitrogens is 2. The van der Waals surface area contributed by atoms with Gasteiger partial charge in [-0.3, -0.25) is 4.99 Å². The van der Waals surface area contributed by atoms with Crippen molar-refractivity contribution in [3.05, 3.63) is 11.7 Å². The zero-order valence-corrected chi connectivity index (χ0v) is 12.4. The van der Waals surface area contributed by atoms with E-state index in [0.29, 0.717) is 23.7 Å². The SMILES string of the molecule is CN=C(NCc1nc(C)no1)N1CCC2(CCCC2)C1. The van der Waals surface area contributed by atoms with Crippen LogP contribution in [0.25, 0.3) is 0 Å². The summed E-state index contributed by atoms with van der Waals surface area (Å²) >= 11 is 0. The van der Waals surface area contributed by atoms with E-state index in [0.717, 1.165) is 19.0 Å². The minimum absolute atomic E-state index is 0.539. The highest BCUT2D eigenvalue weighted by Crippen LogP contribution is 2.45. The van der Waals surface area contributed by atoms with Crippen molar-refractivity contribution in [2.75, 3.05) is 20.1 Å². The minimum Gasteiger partial charge on any atom is -0.347 e. The molecule has 6 heteroatoms. The van der Waals surface area contributed by atoms with Gasteiger partial charge in [-0.05, 0) is 31.6 Å². The van der Waals surface area contributed by atoms with Crippen molar-refractivity contribution in [3.63, 3.8) is 0 Å². The van der Waals surface area contributed by atoms with E-state index in [9.17, 15) is 0 Å². The lowest BCUT2D eigenvalue weighted by Gasteiger charge is -2.25. The van der Waals surface area contributed by atoms with Crippen molar-refractivity contribution < 1.29 is 4.52 Å². The molecular weight excluding hydrogens is 254 g/mol. The normalized spacial score (nSPS) is 21.9. The van der Waals surface area contributed by atoms with Crippen LogP contribution in [0.4, 0.5) is 0 Å². The fourth-order valence-electron chi connectivity index (χ4n) is 3.55. The van der Waals surface area contributed by atoms with Crippen LogP contribution in [0.15, 0.2) is 9.52 Å². The molecule has 0 aromatic carbocycles. The first-order valence-corrected chi connectivity index (χ1v) is 7.46. The Bertz CT molecular complexity index is 490. The van der Waals surface area contributed by atoms with Crippen molar-refractivity contribution in [2.45, 2.75) is 45.6 Å². The molecule has 1 N–H and O–H groups in total. The maximum atomic E-state index is 5.12. The van der Waals surface area contributed by atoms with Gasteiger partial charge >= 0.3 is 0 Å². The Hall–Kier alpha value is -1.59. The lowest BCUT2D eigenvalue weighted by molar-refractivity contribution is 0.308. The second-order valence-electron chi connectivity index (χ2n) is 6.01. The predicted molar refractivity (Wildman–Crippen MR) is 76.3 cm³/mol.